The number of thiophene rings is 1. The van der Waals surface area contributed by atoms with Crippen molar-refractivity contribution in [2.75, 3.05) is 88.0 Å². The number of unbranched alkanes of at least 4 members (excludes halogenated alkanes) is 2. The number of rotatable bonds is 28. The summed E-state index contributed by atoms with van der Waals surface area (Å²) in [6, 6.07) is 24.9. The van der Waals surface area contributed by atoms with E-state index in [0.29, 0.717) is 102 Å². The Morgan fingerprint density at radius 1 is 0.785 bits per heavy atom. The summed E-state index contributed by atoms with van der Waals surface area (Å²) in [5, 5.41) is 19.7. The topological polar surface area (TPSA) is 251 Å². The molecule has 0 saturated carbocycles. The molecule has 5 heterocycles. The van der Waals surface area contributed by atoms with E-state index in [0.717, 1.165) is 85.8 Å². The van der Waals surface area contributed by atoms with Crippen LogP contribution in [0.25, 0.3) is 16.0 Å². The number of carbonyl (C=O) groups excluding carboxylic acids is 5. The van der Waals surface area contributed by atoms with Crippen molar-refractivity contribution in [3.63, 3.8) is 0 Å². The molecule has 4 aromatic carbocycles. The van der Waals surface area contributed by atoms with E-state index in [-0.39, 0.29) is 60.8 Å². The Morgan fingerprint density at radius 2 is 1.46 bits per heavy atom. The third-order valence-corrected chi connectivity index (χ3v) is 26.3. The van der Waals surface area contributed by atoms with Gasteiger partial charge in [0.15, 0.2) is 0 Å². The van der Waals surface area contributed by atoms with Crippen LogP contribution in [-0.2, 0) is 45.2 Å². The number of aliphatic hydroxyl groups is 1. The number of sulfone groups is 1. The number of benzene rings is 4. The van der Waals surface area contributed by atoms with Crippen LogP contribution in [0.1, 0.15) is 143 Å². The lowest BCUT2D eigenvalue weighted by Crippen LogP contribution is -2.57. The van der Waals surface area contributed by atoms with Crippen molar-refractivity contribution >= 4 is 101 Å². The van der Waals surface area contributed by atoms with Crippen LogP contribution in [-0.4, -0.2) is 184 Å². The standard InChI is InChI=1S/C76H94F6N10O10S5/c1-49(51-18-20-52(21-19-51)68-50(2)83-48-104-68)84-71(97)62-42-57(93)46-92(62)72(98)69(73(3,4)5)86-66(94)16-12-9-13-17-67(95)91-40-34-88(35-41-91)33-31-55(47-103-58-14-10-8-11-15-58)85-61-27-26-59(43-64(61)106(99,100)76(80,81)82)107(101,102)87-70(96)53-22-24-56(25-23-53)90-38-36-89(37-39-90)45-54-44-74(6,7)32-30-60(54)63-28-29-65(105-63)75(77,78)79/h8,10-11,14-15,18-29,43,48-49,55,57,62,69,85,93H,9,12-13,16-17,30-42,44-47H2,1-7H3,(H,84,97)(H,86,94)(H,87,96)/t49-,55+,57+,62-,69+/m0/s1. The van der Waals surface area contributed by atoms with Gasteiger partial charge in [-0.1, -0.05) is 89.1 Å². The number of amides is 5. The van der Waals surface area contributed by atoms with Gasteiger partial charge < -0.3 is 35.8 Å². The highest BCUT2D eigenvalue weighted by Gasteiger charge is 2.49. The Hall–Kier alpha value is -7.39. The largest absolute Gasteiger partial charge is 0.501 e. The minimum atomic E-state index is -6.22. The Labute approximate surface area is 634 Å². The summed E-state index contributed by atoms with van der Waals surface area (Å²) in [5.41, 5.74) is 0.164. The van der Waals surface area contributed by atoms with Crippen molar-refractivity contribution in [1.82, 2.24) is 39.9 Å². The first-order chi connectivity index (χ1) is 50.4. The second-order valence-electron chi connectivity index (χ2n) is 29.9. The van der Waals surface area contributed by atoms with Gasteiger partial charge in [-0.05, 0) is 147 Å². The van der Waals surface area contributed by atoms with Crippen LogP contribution in [0.5, 0.6) is 0 Å². The molecule has 3 aliphatic heterocycles. The van der Waals surface area contributed by atoms with Gasteiger partial charge in [0, 0.05) is 124 Å². The van der Waals surface area contributed by atoms with Crippen molar-refractivity contribution < 1.29 is 72.3 Å². The Kier molecular flexibility index (Phi) is 26.6. The number of halogens is 6. The van der Waals surface area contributed by atoms with Crippen LogP contribution < -0.4 is 25.6 Å². The first-order valence-corrected chi connectivity index (χ1v) is 41.6. The van der Waals surface area contributed by atoms with E-state index in [9.17, 15) is 72.3 Å². The van der Waals surface area contributed by atoms with Crippen LogP contribution in [0, 0.1) is 17.8 Å². The molecular formula is C76H94F6N10O10S5. The number of alkyl halides is 6. The highest BCUT2D eigenvalue weighted by molar-refractivity contribution is 7.99. The molecule has 31 heteroatoms. The molecule has 6 aromatic rings. The van der Waals surface area contributed by atoms with Gasteiger partial charge in [-0.3, -0.25) is 33.8 Å². The van der Waals surface area contributed by atoms with Crippen LogP contribution in [0.2, 0.25) is 0 Å². The molecule has 5 atom stereocenters. The minimum absolute atomic E-state index is 0.0108. The lowest BCUT2D eigenvalue weighted by molar-refractivity contribution is -0.144. The predicted molar refractivity (Wildman–Crippen MR) is 405 cm³/mol. The van der Waals surface area contributed by atoms with E-state index < -0.39 is 105 Å². The SMILES string of the molecule is Cc1ncsc1-c1ccc([C@H](C)NC(=O)[C@@H]2C[C@@H](O)CN2C(=O)[C@@H](NC(=O)CCCCCC(=O)N2CCN(CC[C@H](CSc3ccccc3)Nc3ccc(S(=O)(=O)NC(=O)c4ccc(N5CCN(CC6=C(c7ccc(C(F)(F)F)s7)CCC(C)(C)C6)CC5)cc4)cc3S(=O)(=O)C(F)(F)F)CC2)C(C)(C)C)cc1. The smallest absolute Gasteiger partial charge is 0.391 e. The maximum absolute atomic E-state index is 14.6. The summed E-state index contributed by atoms with van der Waals surface area (Å²) in [7, 11) is -11.2. The molecule has 4 aliphatic rings. The molecule has 2 aromatic heterocycles. The number of carbonyl (C=O) groups is 5. The fourth-order valence-electron chi connectivity index (χ4n) is 14.0. The number of anilines is 2. The number of β-amino-alcohol motifs (C(OH)–C–C–N with tert-alkyl or cyclic N) is 1. The molecule has 5 N–H and O–H groups in total. The average molecular weight is 1580 g/mol. The number of sulfonamides is 1. The summed E-state index contributed by atoms with van der Waals surface area (Å²) < 4.78 is 141. The van der Waals surface area contributed by atoms with Crippen molar-refractivity contribution in [1.29, 1.82) is 0 Å². The molecule has 0 unspecified atom stereocenters. The fraction of sp³-hybridized carbons (Fsp3) is 0.500. The number of allylic oxidation sites excluding steroid dienone is 1. The number of hydrogen-bond acceptors (Lipinski definition) is 18. The number of thiazole rings is 1. The summed E-state index contributed by atoms with van der Waals surface area (Å²) in [4.78, 5) is 82.2. The van der Waals surface area contributed by atoms with E-state index in [1.165, 1.54) is 28.8 Å². The fourth-order valence-corrected chi connectivity index (χ4v) is 18.8. The number of thioether (sulfide) groups is 1. The zero-order valence-electron chi connectivity index (χ0n) is 61.0. The second kappa shape index (κ2) is 34.7. The van der Waals surface area contributed by atoms with Gasteiger partial charge in [0.05, 0.1) is 38.8 Å². The summed E-state index contributed by atoms with van der Waals surface area (Å²) in [6.45, 7) is 18.5. The molecule has 580 valence electrons. The van der Waals surface area contributed by atoms with Gasteiger partial charge >= 0.3 is 11.7 Å². The monoisotopic (exact) mass is 1580 g/mol. The summed E-state index contributed by atoms with van der Waals surface area (Å²) in [6.07, 6.45) is -0.984. The molecule has 0 radical (unpaired) electrons. The maximum Gasteiger partial charge on any atom is 0.501 e. The molecule has 0 bridgehead atoms. The quantitative estimate of drug-likeness (QED) is 0.0174. The lowest BCUT2D eigenvalue weighted by Gasteiger charge is -2.39. The van der Waals surface area contributed by atoms with E-state index in [1.807, 2.05) is 93.9 Å². The van der Waals surface area contributed by atoms with Gasteiger partial charge in [0.1, 0.15) is 21.9 Å². The molecule has 20 nitrogen and oxygen atoms in total. The summed E-state index contributed by atoms with van der Waals surface area (Å²) in [5.74, 6) is -2.22. The van der Waals surface area contributed by atoms with Crippen LogP contribution in [0.3, 0.4) is 0 Å². The third kappa shape index (κ3) is 21.4. The average Bonchev–Trinajstić information content (AvgIpc) is 1.82. The highest BCUT2D eigenvalue weighted by atomic mass is 32.2. The van der Waals surface area contributed by atoms with Crippen LogP contribution in [0.15, 0.2) is 135 Å². The highest BCUT2D eigenvalue weighted by Crippen LogP contribution is 2.46. The maximum atomic E-state index is 14.6. The van der Waals surface area contributed by atoms with E-state index >= 15 is 0 Å². The van der Waals surface area contributed by atoms with Gasteiger partial charge in [0.25, 0.3) is 25.8 Å². The number of aryl methyl sites for hydroxylation is 1. The number of likely N-dealkylation sites (tertiary alicyclic amines) is 1. The molecule has 10 rings (SSSR count). The van der Waals surface area contributed by atoms with Gasteiger partial charge in [-0.2, -0.15) is 26.3 Å². The lowest BCUT2D eigenvalue weighted by atomic mass is 9.74. The first-order valence-electron chi connectivity index (χ1n) is 35.9. The molecule has 5 amide bonds. The Morgan fingerprint density at radius 3 is 2.09 bits per heavy atom. The number of aromatic nitrogens is 1. The van der Waals surface area contributed by atoms with Crippen LogP contribution >= 0.6 is 34.4 Å². The van der Waals surface area contributed by atoms with Crippen molar-refractivity contribution in [2.45, 2.75) is 169 Å². The molecule has 0 spiro atoms. The molecular weight excluding hydrogens is 1490 g/mol. The van der Waals surface area contributed by atoms with Crippen molar-refractivity contribution in [3.8, 4) is 10.4 Å². The van der Waals surface area contributed by atoms with Crippen molar-refractivity contribution in [3.05, 3.63) is 147 Å². The van der Waals surface area contributed by atoms with Crippen molar-refractivity contribution in [2.24, 2.45) is 10.8 Å². The molecule has 3 saturated heterocycles. The molecule has 107 heavy (non-hydrogen) atoms. The second-order valence-corrected chi connectivity index (χ2v) is 36.5. The number of nitrogens with one attached hydrogen (secondary N) is 4. The van der Waals surface area contributed by atoms with E-state index in [2.05, 4.69) is 49.5 Å². The number of piperazine rings is 2. The molecule has 1 aliphatic carbocycles. The third-order valence-electron chi connectivity index (χ3n) is 20.1. The summed E-state index contributed by atoms with van der Waals surface area (Å²) >= 11 is 3.69. The van der Waals surface area contributed by atoms with E-state index in [4.69, 9.17) is 0 Å². The first kappa shape index (κ1) is 82.1. The van der Waals surface area contributed by atoms with Gasteiger partial charge in [0.2, 0.25) is 23.6 Å². The minimum Gasteiger partial charge on any atom is -0.391 e. The predicted octanol–water partition coefficient (Wildman–Crippen LogP) is 12.8. The van der Waals surface area contributed by atoms with E-state index in [1.54, 1.807) is 39.9 Å². The Bertz CT molecular complexity index is 4380. The number of hydrogen-bond donors (Lipinski definition) is 5. The van der Waals surface area contributed by atoms with Crippen LogP contribution in [0.4, 0.5) is 37.7 Å². The normalized spacial score (nSPS) is 18.8. The van der Waals surface area contributed by atoms with Gasteiger partial charge in [-0.25, -0.2) is 26.5 Å². The molecule has 3 fully saturated rings. The zero-order chi connectivity index (χ0) is 77.4. The number of aliphatic hydroxyl groups excluding tert-OH is 1. The van der Waals surface area contributed by atoms with Gasteiger partial charge in [-0.15, -0.1) is 34.4 Å². The number of nitrogens with zero attached hydrogens (tertiary/aromatic N) is 6. The zero-order valence-corrected chi connectivity index (χ0v) is 65.1. The Balaban J connectivity index is 0.691.